The second-order valence-corrected chi connectivity index (χ2v) is 7.57. The molecule has 120 valence electrons. The number of sulfonamides is 1. The lowest BCUT2D eigenvalue weighted by Gasteiger charge is -2.16. The molecule has 1 aromatic heterocycles. The van der Waals surface area contributed by atoms with Gasteiger partial charge in [-0.25, -0.2) is 8.42 Å². The zero-order valence-electron chi connectivity index (χ0n) is 13.1. The lowest BCUT2D eigenvalue weighted by atomic mass is 10.0. The molecule has 1 atom stereocenters. The Morgan fingerprint density at radius 3 is 2.86 bits per heavy atom. The van der Waals surface area contributed by atoms with Crippen molar-refractivity contribution in [3.63, 3.8) is 0 Å². The Kier molecular flexibility index (Phi) is 5.40. The second-order valence-electron chi connectivity index (χ2n) is 5.72. The number of hydrogen-bond donors (Lipinski definition) is 2. The first-order valence-electron chi connectivity index (χ1n) is 7.75. The largest absolute Gasteiger partial charge is 0.313 e. The van der Waals surface area contributed by atoms with Crippen molar-refractivity contribution in [1.82, 2.24) is 19.8 Å². The maximum atomic E-state index is 12.8. The smallest absolute Gasteiger partial charge is 0.262 e. The van der Waals surface area contributed by atoms with E-state index in [-0.39, 0.29) is 5.03 Å². The van der Waals surface area contributed by atoms with Crippen molar-refractivity contribution in [2.45, 2.75) is 51.6 Å². The molecule has 0 aliphatic carbocycles. The van der Waals surface area contributed by atoms with Gasteiger partial charge >= 0.3 is 0 Å². The molecule has 0 aromatic carbocycles. The Hall–Kier alpha value is -0.920. The molecular formula is C14H26N4O2S. The van der Waals surface area contributed by atoms with Gasteiger partial charge in [-0.15, -0.1) is 0 Å². The third kappa shape index (κ3) is 3.46. The average molecular weight is 314 g/mol. The van der Waals surface area contributed by atoms with Gasteiger partial charge < -0.3 is 5.32 Å². The Morgan fingerprint density at radius 1 is 1.43 bits per heavy atom. The number of aromatic amines is 1. The molecular weight excluding hydrogens is 288 g/mol. The van der Waals surface area contributed by atoms with Gasteiger partial charge in [-0.1, -0.05) is 20.3 Å². The first-order chi connectivity index (χ1) is 10.0. The van der Waals surface area contributed by atoms with E-state index in [0.717, 1.165) is 37.1 Å². The molecule has 0 saturated carbocycles. The van der Waals surface area contributed by atoms with Crippen molar-refractivity contribution in [2.24, 2.45) is 5.92 Å². The quantitative estimate of drug-likeness (QED) is 0.802. The molecule has 1 aliphatic rings. The van der Waals surface area contributed by atoms with Crippen molar-refractivity contribution in [1.29, 1.82) is 0 Å². The fraction of sp³-hybridized carbons (Fsp3) is 0.786. The molecule has 1 saturated heterocycles. The van der Waals surface area contributed by atoms with E-state index >= 15 is 0 Å². The minimum absolute atomic E-state index is 0.193. The van der Waals surface area contributed by atoms with E-state index in [1.54, 1.807) is 4.31 Å². The normalized spacial score (nSPS) is 20.2. The maximum absolute atomic E-state index is 12.8. The molecule has 2 N–H and O–H groups in total. The van der Waals surface area contributed by atoms with Crippen LogP contribution in [0.1, 0.15) is 44.4 Å². The summed E-state index contributed by atoms with van der Waals surface area (Å²) in [7, 11) is -3.48. The molecule has 0 spiro atoms. The van der Waals surface area contributed by atoms with Gasteiger partial charge in [0, 0.05) is 30.9 Å². The summed E-state index contributed by atoms with van der Waals surface area (Å²) >= 11 is 0. The molecule has 1 aromatic rings. The van der Waals surface area contributed by atoms with Gasteiger partial charge in [-0.05, 0) is 32.2 Å². The summed E-state index contributed by atoms with van der Waals surface area (Å²) < 4.78 is 27.2. The van der Waals surface area contributed by atoms with E-state index in [4.69, 9.17) is 0 Å². The number of rotatable bonds is 7. The van der Waals surface area contributed by atoms with E-state index in [9.17, 15) is 8.42 Å². The van der Waals surface area contributed by atoms with Gasteiger partial charge in [0.2, 0.25) is 0 Å². The van der Waals surface area contributed by atoms with Gasteiger partial charge in [0.15, 0.2) is 5.03 Å². The van der Waals surface area contributed by atoms with E-state index in [1.165, 1.54) is 0 Å². The minimum Gasteiger partial charge on any atom is -0.313 e. The number of aryl methyl sites for hydroxylation is 1. The van der Waals surface area contributed by atoms with Crippen LogP contribution in [0.4, 0.5) is 0 Å². The fourth-order valence-corrected chi connectivity index (χ4v) is 4.58. The third-order valence-electron chi connectivity index (χ3n) is 4.12. The van der Waals surface area contributed by atoms with Crippen LogP contribution in [0.5, 0.6) is 0 Å². The van der Waals surface area contributed by atoms with E-state index in [1.807, 2.05) is 13.8 Å². The van der Waals surface area contributed by atoms with Crippen molar-refractivity contribution >= 4 is 10.0 Å². The number of aromatic nitrogens is 2. The second kappa shape index (κ2) is 6.89. The third-order valence-corrected chi connectivity index (χ3v) is 5.96. The van der Waals surface area contributed by atoms with Crippen LogP contribution in [0, 0.1) is 12.8 Å². The summed E-state index contributed by atoms with van der Waals surface area (Å²) in [5.74, 6) is 0.488. The number of H-pyrrole nitrogens is 1. The van der Waals surface area contributed by atoms with Crippen molar-refractivity contribution in [3.05, 3.63) is 11.3 Å². The fourth-order valence-electron chi connectivity index (χ4n) is 2.88. The molecule has 2 heterocycles. The van der Waals surface area contributed by atoms with Crippen LogP contribution in [0.2, 0.25) is 0 Å². The molecule has 7 heteroatoms. The van der Waals surface area contributed by atoms with E-state index in [2.05, 4.69) is 22.4 Å². The molecule has 2 rings (SSSR count). The highest BCUT2D eigenvalue weighted by molar-refractivity contribution is 7.89. The first-order valence-corrected chi connectivity index (χ1v) is 9.19. The molecule has 1 fully saturated rings. The SMILES string of the molecule is CCCC1CCN(S(=O)(=O)c2n[nH]c(C)c2CNCC)C1. The molecule has 0 bridgehead atoms. The summed E-state index contributed by atoms with van der Waals surface area (Å²) in [6.45, 7) is 8.57. The molecule has 0 radical (unpaired) electrons. The predicted octanol–water partition coefficient (Wildman–Crippen LogP) is 1.64. The van der Waals surface area contributed by atoms with E-state index < -0.39 is 10.0 Å². The number of nitrogens with one attached hydrogen (secondary N) is 2. The van der Waals surface area contributed by atoms with Crippen molar-refractivity contribution in [3.8, 4) is 0 Å². The monoisotopic (exact) mass is 314 g/mol. The van der Waals surface area contributed by atoms with Crippen LogP contribution in [-0.2, 0) is 16.6 Å². The summed E-state index contributed by atoms with van der Waals surface area (Å²) in [4.78, 5) is 0. The van der Waals surface area contributed by atoms with Crippen LogP contribution in [0.25, 0.3) is 0 Å². The summed E-state index contributed by atoms with van der Waals surface area (Å²) in [6.07, 6.45) is 3.15. The predicted molar refractivity (Wildman–Crippen MR) is 82.5 cm³/mol. The Morgan fingerprint density at radius 2 is 2.19 bits per heavy atom. The van der Waals surface area contributed by atoms with Crippen LogP contribution in [0.3, 0.4) is 0 Å². The van der Waals surface area contributed by atoms with E-state index in [0.29, 0.717) is 25.6 Å². The van der Waals surface area contributed by atoms with Gasteiger partial charge in [-0.2, -0.15) is 9.40 Å². The van der Waals surface area contributed by atoms with Gasteiger partial charge in [0.05, 0.1) is 0 Å². The van der Waals surface area contributed by atoms with Crippen molar-refractivity contribution < 1.29 is 8.42 Å². The Labute approximate surface area is 127 Å². The summed E-state index contributed by atoms with van der Waals surface area (Å²) in [5.41, 5.74) is 1.58. The first kappa shape index (κ1) is 16.5. The van der Waals surface area contributed by atoms with Crippen LogP contribution in [0.15, 0.2) is 5.03 Å². The average Bonchev–Trinajstić information content (AvgIpc) is 3.05. The van der Waals surface area contributed by atoms with Crippen LogP contribution in [-0.4, -0.2) is 42.6 Å². The standard InChI is InChI=1S/C14H26N4O2S/c1-4-6-12-7-8-18(10-12)21(19,20)14-13(9-15-5-2)11(3)16-17-14/h12,15H,4-10H2,1-3H3,(H,16,17). The van der Waals surface area contributed by atoms with Crippen LogP contribution < -0.4 is 5.32 Å². The maximum Gasteiger partial charge on any atom is 0.262 e. The molecule has 6 nitrogen and oxygen atoms in total. The summed E-state index contributed by atoms with van der Waals surface area (Å²) in [6, 6.07) is 0. The van der Waals surface area contributed by atoms with Crippen LogP contribution >= 0.6 is 0 Å². The summed E-state index contributed by atoms with van der Waals surface area (Å²) in [5, 5.41) is 10.3. The lowest BCUT2D eigenvalue weighted by molar-refractivity contribution is 0.441. The molecule has 1 aliphatic heterocycles. The molecule has 1 unspecified atom stereocenters. The Balaban J connectivity index is 2.20. The zero-order valence-corrected chi connectivity index (χ0v) is 14.0. The topological polar surface area (TPSA) is 78.1 Å². The highest BCUT2D eigenvalue weighted by Gasteiger charge is 2.35. The van der Waals surface area contributed by atoms with Gasteiger partial charge in [0.1, 0.15) is 0 Å². The number of nitrogens with zero attached hydrogens (tertiary/aromatic N) is 2. The van der Waals surface area contributed by atoms with Gasteiger partial charge in [-0.3, -0.25) is 5.10 Å². The van der Waals surface area contributed by atoms with Crippen molar-refractivity contribution in [2.75, 3.05) is 19.6 Å². The highest BCUT2D eigenvalue weighted by Crippen LogP contribution is 2.28. The van der Waals surface area contributed by atoms with Gasteiger partial charge in [0.25, 0.3) is 10.0 Å². The lowest BCUT2D eigenvalue weighted by Crippen LogP contribution is -2.30. The number of hydrogen-bond acceptors (Lipinski definition) is 4. The Bertz CT molecular complexity index is 568. The highest BCUT2D eigenvalue weighted by atomic mass is 32.2. The zero-order chi connectivity index (χ0) is 15.5. The minimum atomic E-state index is -3.48. The molecule has 21 heavy (non-hydrogen) atoms. The molecule has 0 amide bonds.